The third kappa shape index (κ3) is 3.04. The molecule has 19 heavy (non-hydrogen) atoms. The summed E-state index contributed by atoms with van der Waals surface area (Å²) in [6.45, 7) is 0.471. The monoisotopic (exact) mass is 265 g/mol. The van der Waals surface area contributed by atoms with Crippen LogP contribution < -0.4 is 10.6 Å². The van der Waals surface area contributed by atoms with E-state index >= 15 is 0 Å². The first-order valence-electron chi connectivity index (χ1n) is 6.73. The van der Waals surface area contributed by atoms with Crippen molar-refractivity contribution in [3.05, 3.63) is 0 Å². The Bertz CT molecular complexity index is 404. The molecule has 0 aromatic heterocycles. The first-order chi connectivity index (χ1) is 9.13. The van der Waals surface area contributed by atoms with Crippen molar-refractivity contribution in [2.24, 2.45) is 17.8 Å². The Labute approximate surface area is 112 Å². The summed E-state index contributed by atoms with van der Waals surface area (Å²) in [5.74, 6) is -0.637. The van der Waals surface area contributed by atoms with Crippen LogP contribution in [0.1, 0.15) is 25.7 Å². The fourth-order valence-electron chi connectivity index (χ4n) is 3.47. The van der Waals surface area contributed by atoms with E-state index in [4.69, 9.17) is 5.26 Å². The standard InChI is InChI=1S/C13H19N3O3/c14-4-1-5-15-10(17)7-16-12-9-3-2-8(6-9)11(12)13(18)19/h8-9,11-12,16H,1-3,5-7H2,(H,15,17)(H,18,19). The van der Waals surface area contributed by atoms with Gasteiger partial charge in [-0.2, -0.15) is 5.26 Å². The molecule has 3 N–H and O–H groups in total. The molecule has 0 radical (unpaired) electrons. The topological polar surface area (TPSA) is 102 Å². The maximum atomic E-state index is 11.5. The molecule has 4 unspecified atom stereocenters. The molecule has 4 atom stereocenters. The van der Waals surface area contributed by atoms with Gasteiger partial charge in [0.2, 0.25) is 5.91 Å². The molecule has 0 aromatic rings. The minimum Gasteiger partial charge on any atom is -0.481 e. The molecule has 0 spiro atoms. The smallest absolute Gasteiger partial charge is 0.308 e. The lowest BCUT2D eigenvalue weighted by molar-refractivity contribution is -0.144. The first-order valence-corrected chi connectivity index (χ1v) is 6.73. The molecule has 2 aliphatic rings. The van der Waals surface area contributed by atoms with Crippen molar-refractivity contribution in [2.45, 2.75) is 31.7 Å². The zero-order valence-electron chi connectivity index (χ0n) is 10.8. The van der Waals surface area contributed by atoms with Crippen LogP contribution in [0.5, 0.6) is 0 Å². The zero-order valence-corrected chi connectivity index (χ0v) is 10.8. The van der Waals surface area contributed by atoms with Crippen molar-refractivity contribution in [2.75, 3.05) is 13.1 Å². The van der Waals surface area contributed by atoms with E-state index in [1.807, 2.05) is 6.07 Å². The van der Waals surface area contributed by atoms with E-state index in [0.29, 0.717) is 12.5 Å². The molecular weight excluding hydrogens is 246 g/mol. The van der Waals surface area contributed by atoms with Gasteiger partial charge in [0.1, 0.15) is 0 Å². The average Bonchev–Trinajstić information content (AvgIpc) is 2.96. The number of nitrogens with zero attached hydrogens (tertiary/aromatic N) is 1. The summed E-state index contributed by atoms with van der Waals surface area (Å²) in [4.78, 5) is 22.8. The highest BCUT2D eigenvalue weighted by atomic mass is 16.4. The predicted octanol–water partition coefficient (Wildman–Crippen LogP) is 0.105. The molecule has 0 aliphatic heterocycles. The molecule has 2 bridgehead atoms. The molecule has 1 amide bonds. The normalized spacial score (nSPS) is 31.9. The summed E-state index contributed by atoms with van der Waals surface area (Å²) in [6, 6.07) is 1.87. The lowest BCUT2D eigenvalue weighted by Crippen LogP contribution is -2.47. The number of nitrogens with one attached hydrogen (secondary N) is 2. The van der Waals surface area contributed by atoms with Gasteiger partial charge in [0.05, 0.1) is 25.0 Å². The van der Waals surface area contributed by atoms with E-state index in [2.05, 4.69) is 10.6 Å². The number of carboxylic acids is 1. The number of hydrogen-bond donors (Lipinski definition) is 3. The highest BCUT2D eigenvalue weighted by Gasteiger charge is 2.50. The summed E-state index contributed by atoms with van der Waals surface area (Å²) in [5.41, 5.74) is 0. The minimum atomic E-state index is -0.755. The Morgan fingerprint density at radius 1 is 1.32 bits per heavy atom. The number of aliphatic carboxylic acids is 1. The molecular formula is C13H19N3O3. The second kappa shape index (κ2) is 6.02. The van der Waals surface area contributed by atoms with Gasteiger partial charge < -0.3 is 15.7 Å². The molecule has 2 saturated carbocycles. The highest BCUT2D eigenvalue weighted by molar-refractivity contribution is 5.78. The van der Waals surface area contributed by atoms with Crippen LogP contribution in [-0.2, 0) is 9.59 Å². The van der Waals surface area contributed by atoms with Crippen LogP contribution in [0, 0.1) is 29.1 Å². The molecule has 104 valence electrons. The van der Waals surface area contributed by atoms with Crippen LogP contribution in [0.15, 0.2) is 0 Å². The van der Waals surface area contributed by atoms with Crippen LogP contribution in [0.4, 0.5) is 0 Å². The fourth-order valence-corrected chi connectivity index (χ4v) is 3.47. The Morgan fingerprint density at radius 3 is 2.74 bits per heavy atom. The Morgan fingerprint density at radius 2 is 2.05 bits per heavy atom. The van der Waals surface area contributed by atoms with Crippen molar-refractivity contribution in [3.8, 4) is 6.07 Å². The molecule has 6 heteroatoms. The SMILES string of the molecule is N#CCCNC(=O)CNC1C2CCC(C2)C1C(=O)O. The van der Waals surface area contributed by atoms with E-state index in [1.54, 1.807) is 0 Å². The lowest BCUT2D eigenvalue weighted by atomic mass is 9.84. The number of nitriles is 1. The van der Waals surface area contributed by atoms with E-state index < -0.39 is 5.97 Å². The number of carboxylic acid groups (broad SMARTS) is 1. The van der Waals surface area contributed by atoms with Gasteiger partial charge in [0.15, 0.2) is 0 Å². The van der Waals surface area contributed by atoms with Crippen LogP contribution in [-0.4, -0.2) is 36.1 Å². The third-order valence-corrected chi connectivity index (χ3v) is 4.26. The van der Waals surface area contributed by atoms with Gasteiger partial charge in [0.25, 0.3) is 0 Å². The quantitative estimate of drug-likeness (QED) is 0.591. The number of carbonyl (C=O) groups is 2. The number of amides is 1. The number of carbonyl (C=O) groups excluding carboxylic acids is 1. The van der Waals surface area contributed by atoms with Gasteiger partial charge in [-0.15, -0.1) is 0 Å². The van der Waals surface area contributed by atoms with Crippen LogP contribution in [0.25, 0.3) is 0 Å². The molecule has 0 saturated heterocycles. The van der Waals surface area contributed by atoms with Crippen molar-refractivity contribution < 1.29 is 14.7 Å². The maximum Gasteiger partial charge on any atom is 0.308 e. The van der Waals surface area contributed by atoms with Gasteiger partial charge in [-0.25, -0.2) is 0 Å². The van der Waals surface area contributed by atoms with E-state index in [1.165, 1.54) is 0 Å². The van der Waals surface area contributed by atoms with Crippen molar-refractivity contribution in [3.63, 3.8) is 0 Å². The second-order valence-corrected chi connectivity index (χ2v) is 5.36. The summed E-state index contributed by atoms with van der Waals surface area (Å²) in [6.07, 6.45) is 3.30. The molecule has 2 aliphatic carbocycles. The number of fused-ring (bicyclic) bond motifs is 2. The molecule has 0 heterocycles. The fraction of sp³-hybridized carbons (Fsp3) is 0.769. The summed E-state index contributed by atoms with van der Waals surface area (Å²) in [5, 5.41) is 23.4. The summed E-state index contributed by atoms with van der Waals surface area (Å²) in [7, 11) is 0. The third-order valence-electron chi connectivity index (χ3n) is 4.26. The largest absolute Gasteiger partial charge is 0.481 e. The van der Waals surface area contributed by atoms with Gasteiger partial charge in [-0.05, 0) is 31.1 Å². The average molecular weight is 265 g/mol. The zero-order chi connectivity index (χ0) is 13.8. The first kappa shape index (κ1) is 13.8. The van der Waals surface area contributed by atoms with Gasteiger partial charge in [-0.3, -0.25) is 9.59 Å². The summed E-state index contributed by atoms with van der Waals surface area (Å²) >= 11 is 0. The Kier molecular flexibility index (Phi) is 4.38. The summed E-state index contributed by atoms with van der Waals surface area (Å²) < 4.78 is 0. The minimum absolute atomic E-state index is 0.0852. The second-order valence-electron chi connectivity index (χ2n) is 5.36. The van der Waals surface area contributed by atoms with E-state index in [9.17, 15) is 14.7 Å². The van der Waals surface area contributed by atoms with Gasteiger partial charge >= 0.3 is 5.97 Å². The van der Waals surface area contributed by atoms with Crippen molar-refractivity contribution in [1.29, 1.82) is 5.26 Å². The van der Waals surface area contributed by atoms with Gasteiger partial charge in [0, 0.05) is 12.6 Å². The molecule has 6 nitrogen and oxygen atoms in total. The van der Waals surface area contributed by atoms with E-state index in [0.717, 1.165) is 19.3 Å². The molecule has 2 rings (SSSR count). The van der Waals surface area contributed by atoms with Crippen molar-refractivity contribution in [1.82, 2.24) is 10.6 Å². The van der Waals surface area contributed by atoms with Gasteiger partial charge in [-0.1, -0.05) is 0 Å². The van der Waals surface area contributed by atoms with Crippen molar-refractivity contribution >= 4 is 11.9 Å². The van der Waals surface area contributed by atoms with Crippen LogP contribution >= 0.6 is 0 Å². The molecule has 0 aromatic carbocycles. The Hall–Kier alpha value is -1.61. The number of hydrogen-bond acceptors (Lipinski definition) is 4. The van der Waals surface area contributed by atoms with Crippen LogP contribution in [0.3, 0.4) is 0 Å². The Balaban J connectivity index is 1.80. The maximum absolute atomic E-state index is 11.5. The predicted molar refractivity (Wildman–Crippen MR) is 67.0 cm³/mol. The van der Waals surface area contributed by atoms with Crippen LogP contribution in [0.2, 0.25) is 0 Å². The highest BCUT2D eigenvalue weighted by Crippen LogP contribution is 2.48. The molecule has 2 fully saturated rings. The lowest BCUT2D eigenvalue weighted by Gasteiger charge is -2.28. The van der Waals surface area contributed by atoms with E-state index in [-0.39, 0.29) is 36.8 Å². The number of rotatable bonds is 6.